The Hall–Kier alpha value is -2.76. The Morgan fingerprint density at radius 1 is 1.28 bits per heavy atom. The van der Waals surface area contributed by atoms with Crippen LogP contribution in [-0.4, -0.2) is 52.8 Å². The smallest absolute Gasteiger partial charge is 0.253 e. The van der Waals surface area contributed by atoms with Gasteiger partial charge in [-0.25, -0.2) is 4.98 Å². The normalized spacial score (nSPS) is 18.1. The Morgan fingerprint density at radius 2 is 1.97 bits per heavy atom. The van der Waals surface area contributed by atoms with Crippen LogP contribution < -0.4 is 11.1 Å². The van der Waals surface area contributed by atoms with Crippen LogP contribution in [-0.2, 0) is 4.79 Å². The van der Waals surface area contributed by atoms with E-state index in [4.69, 9.17) is 10.8 Å². The van der Waals surface area contributed by atoms with Gasteiger partial charge in [-0.05, 0) is 68.0 Å². The predicted octanol–water partition coefficient (Wildman–Crippen LogP) is 2.71. The molecule has 3 atom stereocenters. The number of amides is 2. The van der Waals surface area contributed by atoms with E-state index in [0.29, 0.717) is 12.4 Å². The number of fused-ring (bicyclic) bond motifs is 1. The molecule has 0 bridgehead atoms. The quantitative estimate of drug-likeness (QED) is 0.484. The number of aliphatic hydroxyl groups is 1. The molecule has 2 aromatic rings. The number of piperidine rings is 1. The predicted molar refractivity (Wildman–Crippen MR) is 132 cm³/mol. The van der Waals surface area contributed by atoms with Crippen molar-refractivity contribution in [3.63, 3.8) is 0 Å². The van der Waals surface area contributed by atoms with Gasteiger partial charge in [-0.3, -0.25) is 9.59 Å². The highest BCUT2D eigenvalue weighted by Crippen LogP contribution is 2.45. The first-order valence-electron chi connectivity index (χ1n) is 10.7. The van der Waals surface area contributed by atoms with Crippen LogP contribution in [0.5, 0.6) is 0 Å². The fourth-order valence-corrected chi connectivity index (χ4v) is 3.45. The zero-order chi connectivity index (χ0) is 23.5. The number of carbonyl (C=O) groups excluding carboxylic acids is 2. The largest absolute Gasteiger partial charge is 0.392 e. The van der Waals surface area contributed by atoms with Crippen LogP contribution in [0.3, 0.4) is 0 Å². The zero-order valence-electron chi connectivity index (χ0n) is 18.7. The molecule has 1 saturated heterocycles. The van der Waals surface area contributed by atoms with Crippen molar-refractivity contribution >= 4 is 32.9 Å². The maximum atomic E-state index is 12.1. The summed E-state index contributed by atoms with van der Waals surface area (Å²) in [5.74, 6) is 2.22. The Balaban J connectivity index is 0.000000203. The van der Waals surface area contributed by atoms with Crippen molar-refractivity contribution in [2.24, 2.45) is 11.8 Å². The summed E-state index contributed by atoms with van der Waals surface area (Å²) in [6.45, 7) is 6.49. The molecule has 2 aliphatic rings. The molecule has 8 heteroatoms. The topological polar surface area (TPSA) is 109 Å². The van der Waals surface area contributed by atoms with Gasteiger partial charge in [0.2, 0.25) is 5.91 Å². The number of anilines is 1. The highest BCUT2D eigenvalue weighted by Gasteiger charge is 2.46. The number of likely N-dealkylation sites (N-methyl/N-ethyl adjacent to an activating group) is 1. The van der Waals surface area contributed by atoms with E-state index in [9.17, 15) is 9.59 Å². The molecule has 1 aliphatic heterocycles. The van der Waals surface area contributed by atoms with E-state index in [1.807, 2.05) is 43.0 Å². The molecule has 2 heterocycles. The number of aromatic nitrogens is 1. The van der Waals surface area contributed by atoms with Crippen LogP contribution in [0.15, 0.2) is 48.7 Å². The number of likely N-dealkylation sites (tertiary alicyclic amines) is 1. The number of hydrogen-bond donors (Lipinski definition) is 3. The number of nitrogens with one attached hydrogen (secondary N) is 1. The number of nitrogen functional groups attached to an aromatic ring is 1. The molecule has 0 radical (unpaired) electrons. The summed E-state index contributed by atoms with van der Waals surface area (Å²) in [5.41, 5.74) is 8.27. The number of hydrogen-bond acceptors (Lipinski definition) is 5. The summed E-state index contributed by atoms with van der Waals surface area (Å²) >= 11 is 0. The molecule has 0 spiro atoms. The summed E-state index contributed by atoms with van der Waals surface area (Å²) in [5, 5.41) is 10.2. The second-order valence-corrected chi connectivity index (χ2v) is 8.13. The lowest BCUT2D eigenvalue weighted by Crippen LogP contribution is -2.30. The van der Waals surface area contributed by atoms with Gasteiger partial charge < -0.3 is 21.1 Å². The van der Waals surface area contributed by atoms with Crippen LogP contribution in [0.2, 0.25) is 0 Å². The summed E-state index contributed by atoms with van der Waals surface area (Å²) in [6.07, 6.45) is 6.29. The van der Waals surface area contributed by atoms with Gasteiger partial charge in [-0.15, -0.1) is 9.24 Å². The molecule has 2 fully saturated rings. The van der Waals surface area contributed by atoms with Gasteiger partial charge in [-0.2, -0.15) is 0 Å². The summed E-state index contributed by atoms with van der Waals surface area (Å²) in [7, 11) is 2.13. The molecular weight excluding hydrogens is 423 g/mol. The zero-order valence-corrected chi connectivity index (χ0v) is 19.9. The van der Waals surface area contributed by atoms with Crippen LogP contribution in [0.25, 0.3) is 6.08 Å². The summed E-state index contributed by atoms with van der Waals surface area (Å²) < 4.78 is 0. The first-order valence-corrected chi connectivity index (χ1v) is 11.5. The minimum atomic E-state index is -0.107. The fourth-order valence-electron chi connectivity index (χ4n) is 3.45. The monoisotopic (exact) mass is 456 g/mol. The molecular formula is C24H33N4O3P. The SMILES string of the molecule is CCNC(=O)/C=C/c1ccc(N)nc1.Cc1cccc(C(=O)N2CC3CC3C2)c1.OCP. The Labute approximate surface area is 192 Å². The lowest BCUT2D eigenvalue weighted by atomic mass is 10.1. The Kier molecular flexibility index (Phi) is 10.3. The lowest BCUT2D eigenvalue weighted by Gasteiger charge is -2.17. The van der Waals surface area contributed by atoms with Gasteiger partial charge in [-0.1, -0.05) is 17.7 Å². The molecule has 4 rings (SSSR count). The van der Waals surface area contributed by atoms with Crippen LogP contribution in [0, 0.1) is 18.8 Å². The van der Waals surface area contributed by atoms with Crippen molar-refractivity contribution in [3.8, 4) is 0 Å². The number of rotatable bonds is 4. The van der Waals surface area contributed by atoms with E-state index in [2.05, 4.69) is 19.5 Å². The first kappa shape index (κ1) is 25.5. The summed E-state index contributed by atoms with van der Waals surface area (Å²) in [4.78, 5) is 29.0. The highest BCUT2D eigenvalue weighted by atomic mass is 31.0. The van der Waals surface area contributed by atoms with E-state index >= 15 is 0 Å². The molecule has 1 aliphatic carbocycles. The fraction of sp³-hybridized carbons (Fsp3) is 0.375. The number of aliphatic hydroxyl groups excluding tert-OH is 1. The summed E-state index contributed by atoms with van der Waals surface area (Å²) in [6, 6.07) is 11.4. The maximum absolute atomic E-state index is 12.1. The first-order chi connectivity index (χ1) is 15.4. The molecule has 4 N–H and O–H groups in total. The van der Waals surface area contributed by atoms with Gasteiger partial charge in [0.25, 0.3) is 5.91 Å². The van der Waals surface area contributed by atoms with Gasteiger partial charge in [0.15, 0.2) is 0 Å². The molecule has 1 aromatic heterocycles. The highest BCUT2D eigenvalue weighted by molar-refractivity contribution is 7.16. The van der Waals surface area contributed by atoms with Crippen molar-refractivity contribution < 1.29 is 14.7 Å². The van der Waals surface area contributed by atoms with E-state index in [1.165, 1.54) is 12.5 Å². The Morgan fingerprint density at radius 3 is 2.53 bits per heavy atom. The van der Waals surface area contributed by atoms with Crippen molar-refractivity contribution in [2.75, 3.05) is 31.7 Å². The lowest BCUT2D eigenvalue weighted by molar-refractivity contribution is -0.116. The number of nitrogens with two attached hydrogens (primary N) is 1. The minimum Gasteiger partial charge on any atom is -0.392 e. The van der Waals surface area contributed by atoms with E-state index < -0.39 is 0 Å². The molecule has 2 amide bonds. The number of benzene rings is 1. The van der Waals surface area contributed by atoms with Gasteiger partial charge in [0, 0.05) is 37.5 Å². The maximum Gasteiger partial charge on any atom is 0.253 e. The van der Waals surface area contributed by atoms with Gasteiger partial charge in [0.05, 0.1) is 6.35 Å². The molecule has 172 valence electrons. The molecule has 1 aromatic carbocycles. The van der Waals surface area contributed by atoms with Crippen molar-refractivity contribution in [3.05, 3.63) is 65.4 Å². The number of carbonyl (C=O) groups is 2. The second-order valence-electron chi connectivity index (χ2n) is 7.76. The molecule has 1 saturated carbocycles. The third-order valence-corrected chi connectivity index (χ3v) is 5.12. The van der Waals surface area contributed by atoms with Crippen LogP contribution in [0.4, 0.5) is 5.82 Å². The third-order valence-electron chi connectivity index (χ3n) is 5.12. The average Bonchev–Trinajstić information content (AvgIpc) is 3.39. The van der Waals surface area contributed by atoms with Crippen molar-refractivity contribution in [1.29, 1.82) is 0 Å². The number of aryl methyl sites for hydroxylation is 1. The molecule has 7 nitrogen and oxygen atoms in total. The van der Waals surface area contributed by atoms with Crippen LogP contribution >= 0.6 is 9.24 Å². The average molecular weight is 457 g/mol. The van der Waals surface area contributed by atoms with Gasteiger partial charge >= 0.3 is 0 Å². The standard InChI is InChI=1S/C13H15NO.C10H13N3O.CH5OP/c1-9-3-2-4-10(5-9)13(15)14-7-11-6-12(11)8-14;1-2-12-10(14)6-4-8-3-5-9(11)13-7-8;2-1-3/h2-5,11-12H,6-8H2,1H3;3-7H,2H2,1H3,(H2,11,13)(H,12,14);2H,1,3H2/b;6-4+;. The third kappa shape index (κ3) is 8.40. The van der Waals surface area contributed by atoms with Crippen molar-refractivity contribution in [1.82, 2.24) is 15.2 Å². The molecule has 32 heavy (non-hydrogen) atoms. The van der Waals surface area contributed by atoms with Crippen LogP contribution in [0.1, 0.15) is 34.8 Å². The van der Waals surface area contributed by atoms with Gasteiger partial charge in [0.1, 0.15) is 5.82 Å². The molecule has 3 unspecified atom stereocenters. The number of nitrogens with zero attached hydrogens (tertiary/aromatic N) is 2. The second kappa shape index (κ2) is 12.9. The Bertz CT molecular complexity index is 908. The van der Waals surface area contributed by atoms with E-state index in [-0.39, 0.29) is 18.2 Å². The minimum absolute atomic E-state index is 0.107. The number of pyridine rings is 1. The van der Waals surface area contributed by atoms with Crippen molar-refractivity contribution in [2.45, 2.75) is 20.3 Å². The van der Waals surface area contributed by atoms with E-state index in [0.717, 1.165) is 41.6 Å². The van der Waals surface area contributed by atoms with E-state index in [1.54, 1.807) is 24.4 Å².